The number of anilines is 1. The zero-order chi connectivity index (χ0) is 28.1. The number of sulfone groups is 1. The molecule has 0 bridgehead atoms. The molecule has 1 atom stereocenters. The van der Waals surface area contributed by atoms with Gasteiger partial charge in [0.05, 0.1) is 39.9 Å². The molecule has 5 rings (SSSR count). The molecular formula is C26H27ClFN5O5S. The van der Waals surface area contributed by atoms with Gasteiger partial charge in [-0.25, -0.2) is 12.8 Å². The van der Waals surface area contributed by atoms with Crippen molar-refractivity contribution < 1.29 is 26.8 Å². The van der Waals surface area contributed by atoms with Gasteiger partial charge in [0.15, 0.2) is 9.84 Å². The Labute approximate surface area is 229 Å². The number of carbonyl (C=O) groups is 2. The van der Waals surface area contributed by atoms with Crippen LogP contribution >= 0.6 is 11.6 Å². The van der Waals surface area contributed by atoms with Gasteiger partial charge in [-0.15, -0.1) is 10.2 Å². The Kier molecular flexibility index (Phi) is 6.98. The molecule has 2 aromatic carbocycles. The number of hydrogen-bond donors (Lipinski definition) is 1. The van der Waals surface area contributed by atoms with Crippen molar-refractivity contribution in [3.63, 3.8) is 0 Å². The summed E-state index contributed by atoms with van der Waals surface area (Å²) in [6.45, 7) is 4.63. The fraction of sp³-hybridized carbons (Fsp3) is 0.385. The molecule has 3 aromatic rings. The molecule has 1 fully saturated rings. The Hall–Kier alpha value is -3.35. The first-order chi connectivity index (χ1) is 18.4. The number of nitrogens with zero attached hydrogens (tertiary/aromatic N) is 4. The predicted molar refractivity (Wildman–Crippen MR) is 141 cm³/mol. The lowest BCUT2D eigenvalue weighted by atomic mass is 9.93. The number of nitrogens with two attached hydrogens (primary N) is 1. The van der Waals surface area contributed by atoms with Crippen LogP contribution in [0.5, 0.6) is 0 Å². The fourth-order valence-corrected chi connectivity index (χ4v) is 6.53. The van der Waals surface area contributed by atoms with E-state index in [9.17, 15) is 18.0 Å². The molecule has 1 aromatic heterocycles. The summed E-state index contributed by atoms with van der Waals surface area (Å²) in [5.41, 5.74) is 5.69. The smallest absolute Gasteiger partial charge is 0.250 e. The molecule has 2 amide bonds. The third kappa shape index (κ3) is 5.28. The van der Waals surface area contributed by atoms with Crippen LogP contribution in [-0.4, -0.2) is 60.2 Å². The topological polar surface area (TPSA) is 140 Å². The highest BCUT2D eigenvalue weighted by Crippen LogP contribution is 2.38. The van der Waals surface area contributed by atoms with Crippen LogP contribution in [0.25, 0.3) is 11.5 Å². The first kappa shape index (κ1) is 27.2. The number of likely N-dealkylation sites (tertiary alicyclic amines) is 1. The van der Waals surface area contributed by atoms with Gasteiger partial charge in [-0.3, -0.25) is 9.59 Å². The van der Waals surface area contributed by atoms with Crippen LogP contribution in [0.2, 0.25) is 5.02 Å². The SMILES string of the molecule is CC(C)(CN1CCCC1=O)c1nnc(-c2cc3c(cc2F)S(=O)(=O)C[C@H](N)C(=O)N3Cc2ccc(Cl)cc2)o1. The minimum atomic E-state index is -4.10. The van der Waals surface area contributed by atoms with Crippen LogP contribution in [0.1, 0.15) is 38.1 Å². The van der Waals surface area contributed by atoms with Gasteiger partial charge in [-0.1, -0.05) is 23.7 Å². The average Bonchev–Trinajstić information content (AvgIpc) is 3.51. The van der Waals surface area contributed by atoms with E-state index in [0.29, 0.717) is 30.1 Å². The highest BCUT2D eigenvalue weighted by molar-refractivity contribution is 7.91. The van der Waals surface area contributed by atoms with Crippen molar-refractivity contribution in [3.8, 4) is 11.5 Å². The summed E-state index contributed by atoms with van der Waals surface area (Å²) in [5.74, 6) is -2.15. The van der Waals surface area contributed by atoms with Crippen LogP contribution < -0.4 is 10.6 Å². The number of amides is 2. The van der Waals surface area contributed by atoms with E-state index >= 15 is 4.39 Å². The molecule has 10 nitrogen and oxygen atoms in total. The maximum atomic E-state index is 15.4. The lowest BCUT2D eigenvalue weighted by Crippen LogP contribution is -2.45. The van der Waals surface area contributed by atoms with Crippen molar-refractivity contribution in [3.05, 3.63) is 58.7 Å². The van der Waals surface area contributed by atoms with Crippen molar-refractivity contribution in [2.24, 2.45) is 5.73 Å². The number of halogens is 2. The van der Waals surface area contributed by atoms with Crippen LogP contribution in [0, 0.1) is 5.82 Å². The average molecular weight is 576 g/mol. The molecule has 2 aliphatic heterocycles. The monoisotopic (exact) mass is 575 g/mol. The van der Waals surface area contributed by atoms with E-state index in [1.54, 1.807) is 29.2 Å². The van der Waals surface area contributed by atoms with E-state index in [0.717, 1.165) is 12.5 Å². The lowest BCUT2D eigenvalue weighted by Gasteiger charge is -2.26. The third-order valence-electron chi connectivity index (χ3n) is 6.90. The number of aromatic nitrogens is 2. The molecule has 2 N–H and O–H groups in total. The maximum absolute atomic E-state index is 15.4. The molecule has 206 valence electrons. The van der Waals surface area contributed by atoms with Crippen LogP contribution in [0.15, 0.2) is 45.7 Å². The molecule has 13 heteroatoms. The molecule has 39 heavy (non-hydrogen) atoms. The van der Waals surface area contributed by atoms with Crippen molar-refractivity contribution >= 4 is 38.9 Å². The molecule has 1 saturated heterocycles. The van der Waals surface area contributed by atoms with E-state index in [2.05, 4.69) is 10.2 Å². The summed E-state index contributed by atoms with van der Waals surface area (Å²) >= 11 is 5.98. The minimum Gasteiger partial charge on any atom is -0.420 e. The van der Waals surface area contributed by atoms with Gasteiger partial charge in [-0.05, 0) is 50.1 Å². The van der Waals surface area contributed by atoms with Gasteiger partial charge < -0.3 is 20.0 Å². The Morgan fingerprint density at radius 2 is 1.90 bits per heavy atom. The Morgan fingerprint density at radius 3 is 2.56 bits per heavy atom. The molecule has 3 heterocycles. The lowest BCUT2D eigenvalue weighted by molar-refractivity contribution is -0.128. The van der Waals surface area contributed by atoms with E-state index < -0.39 is 38.8 Å². The van der Waals surface area contributed by atoms with Crippen molar-refractivity contribution in [1.29, 1.82) is 0 Å². The fourth-order valence-electron chi connectivity index (χ4n) is 4.84. The highest BCUT2D eigenvalue weighted by atomic mass is 35.5. The molecule has 2 aliphatic rings. The summed E-state index contributed by atoms with van der Waals surface area (Å²) in [7, 11) is -4.10. The Morgan fingerprint density at radius 1 is 1.18 bits per heavy atom. The quantitative estimate of drug-likeness (QED) is 0.473. The zero-order valence-corrected chi connectivity index (χ0v) is 22.9. The van der Waals surface area contributed by atoms with E-state index in [4.69, 9.17) is 21.8 Å². The van der Waals surface area contributed by atoms with Crippen molar-refractivity contribution in [1.82, 2.24) is 15.1 Å². The number of benzene rings is 2. The van der Waals surface area contributed by atoms with Gasteiger partial charge in [0.25, 0.3) is 5.89 Å². The summed E-state index contributed by atoms with van der Waals surface area (Å²) in [4.78, 5) is 28.0. The molecule has 0 radical (unpaired) electrons. The molecule has 0 aliphatic carbocycles. The Bertz CT molecular complexity index is 1560. The van der Waals surface area contributed by atoms with Crippen LogP contribution in [0.4, 0.5) is 10.1 Å². The largest absolute Gasteiger partial charge is 0.420 e. The summed E-state index contributed by atoms with van der Waals surface area (Å²) < 4.78 is 47.5. The molecule has 0 spiro atoms. The summed E-state index contributed by atoms with van der Waals surface area (Å²) in [6.07, 6.45) is 1.27. The van der Waals surface area contributed by atoms with E-state index in [1.807, 2.05) is 13.8 Å². The second-order valence-corrected chi connectivity index (χ2v) is 12.9. The first-order valence-electron chi connectivity index (χ1n) is 12.4. The van der Waals surface area contributed by atoms with Gasteiger partial charge in [0.1, 0.15) is 5.82 Å². The van der Waals surface area contributed by atoms with Crippen LogP contribution in [0.3, 0.4) is 0 Å². The van der Waals surface area contributed by atoms with Gasteiger partial charge in [0, 0.05) is 24.5 Å². The Balaban J connectivity index is 1.56. The standard InChI is InChI=1S/C26H27ClFN5O5S/c1-26(2,14-32-9-3-4-22(32)34)25-31-30-23(38-25)17-10-20-21(11-18(17)28)39(36,37)13-19(29)24(35)33(20)12-15-5-7-16(27)8-6-15/h5-8,10-11,19H,3-4,9,12-14,29H2,1-2H3/t19-/m0/s1. The van der Waals surface area contributed by atoms with Gasteiger partial charge >= 0.3 is 0 Å². The predicted octanol–water partition coefficient (Wildman–Crippen LogP) is 3.08. The van der Waals surface area contributed by atoms with Gasteiger partial charge in [0.2, 0.25) is 17.7 Å². The maximum Gasteiger partial charge on any atom is 0.250 e. The van der Waals surface area contributed by atoms with Gasteiger partial charge in [-0.2, -0.15) is 0 Å². The van der Waals surface area contributed by atoms with Crippen LogP contribution in [-0.2, 0) is 31.4 Å². The molecule has 0 unspecified atom stereocenters. The molecular weight excluding hydrogens is 549 g/mol. The second kappa shape index (κ2) is 10.00. The molecule has 0 saturated carbocycles. The van der Waals surface area contributed by atoms with E-state index in [1.165, 1.54) is 11.0 Å². The number of rotatable bonds is 6. The normalized spacial score (nSPS) is 19.4. The van der Waals surface area contributed by atoms with Crippen molar-refractivity contribution in [2.45, 2.75) is 49.6 Å². The van der Waals surface area contributed by atoms with Crippen molar-refractivity contribution in [2.75, 3.05) is 23.7 Å². The number of hydrogen-bond acceptors (Lipinski definition) is 8. The summed E-state index contributed by atoms with van der Waals surface area (Å²) in [6, 6.07) is 7.42. The number of fused-ring (bicyclic) bond motifs is 1. The minimum absolute atomic E-state index is 0.0245. The van der Waals surface area contributed by atoms with E-state index in [-0.39, 0.29) is 40.4 Å². The zero-order valence-electron chi connectivity index (χ0n) is 21.4. The summed E-state index contributed by atoms with van der Waals surface area (Å²) in [5, 5.41) is 8.61. The first-order valence-corrected chi connectivity index (χ1v) is 14.4. The number of carbonyl (C=O) groups excluding carboxylic acids is 2. The third-order valence-corrected chi connectivity index (χ3v) is 8.95. The second-order valence-electron chi connectivity index (χ2n) is 10.5. The highest BCUT2D eigenvalue weighted by Gasteiger charge is 2.38.